The molecule has 0 saturated heterocycles. The summed E-state index contributed by atoms with van der Waals surface area (Å²) < 4.78 is 13.3. The minimum absolute atomic E-state index is 0.0253. The van der Waals surface area contributed by atoms with Gasteiger partial charge in [-0.3, -0.25) is 4.79 Å². The van der Waals surface area contributed by atoms with Crippen LogP contribution in [0.4, 0.5) is 4.39 Å². The fourth-order valence-corrected chi connectivity index (χ4v) is 2.61. The maximum Gasteiger partial charge on any atom is 0.254 e. The van der Waals surface area contributed by atoms with E-state index in [9.17, 15) is 9.18 Å². The smallest absolute Gasteiger partial charge is 0.254 e. The van der Waals surface area contributed by atoms with Gasteiger partial charge in [0.15, 0.2) is 0 Å². The van der Waals surface area contributed by atoms with Crippen molar-refractivity contribution in [2.24, 2.45) is 0 Å². The number of hydrogen-bond acceptors (Lipinski definition) is 1. The van der Waals surface area contributed by atoms with Crippen molar-refractivity contribution in [2.75, 3.05) is 11.9 Å². The Kier molecular flexibility index (Phi) is 4.97. The highest BCUT2D eigenvalue weighted by molar-refractivity contribution is 9.09. The van der Waals surface area contributed by atoms with Crippen LogP contribution >= 0.6 is 15.9 Å². The van der Waals surface area contributed by atoms with Crippen molar-refractivity contribution in [3.63, 3.8) is 0 Å². The summed E-state index contributed by atoms with van der Waals surface area (Å²) in [6.45, 7) is 2.60. The summed E-state index contributed by atoms with van der Waals surface area (Å²) in [5.74, 6) is -0.370. The number of amides is 1. The van der Waals surface area contributed by atoms with Crippen molar-refractivity contribution >= 4 is 21.8 Å². The van der Waals surface area contributed by atoms with Crippen molar-refractivity contribution < 1.29 is 9.18 Å². The van der Waals surface area contributed by atoms with Gasteiger partial charge in [-0.1, -0.05) is 22.0 Å². The monoisotopic (exact) mass is 327 g/mol. The standard InChI is InChI=1S/C15H19BrFNO/c1-11-6-7-12(17)10-14(11)15(19)18(9-3-8-16)13-4-2-5-13/h6-7,10,13H,2-5,8-9H2,1H3. The van der Waals surface area contributed by atoms with E-state index in [1.54, 1.807) is 6.07 Å². The van der Waals surface area contributed by atoms with Gasteiger partial charge in [-0.15, -0.1) is 0 Å². The molecule has 0 radical (unpaired) electrons. The Morgan fingerprint density at radius 1 is 1.47 bits per heavy atom. The molecule has 1 aliphatic rings. The Bertz CT molecular complexity index is 459. The quantitative estimate of drug-likeness (QED) is 0.751. The Balaban J connectivity index is 2.19. The van der Waals surface area contributed by atoms with Gasteiger partial charge in [-0.05, 0) is 50.3 Å². The van der Waals surface area contributed by atoms with E-state index in [1.807, 2.05) is 11.8 Å². The van der Waals surface area contributed by atoms with Gasteiger partial charge in [0.05, 0.1) is 0 Å². The predicted molar refractivity (Wildman–Crippen MR) is 78.2 cm³/mol. The molecule has 1 aromatic carbocycles. The molecule has 0 bridgehead atoms. The van der Waals surface area contributed by atoms with Crippen LogP contribution in [0, 0.1) is 12.7 Å². The Morgan fingerprint density at radius 3 is 2.79 bits per heavy atom. The third-order valence-electron chi connectivity index (χ3n) is 3.74. The van der Waals surface area contributed by atoms with Crippen LogP contribution in [-0.2, 0) is 0 Å². The molecule has 0 spiro atoms. The van der Waals surface area contributed by atoms with Gasteiger partial charge < -0.3 is 4.90 Å². The summed E-state index contributed by atoms with van der Waals surface area (Å²) in [5.41, 5.74) is 1.34. The first-order chi connectivity index (χ1) is 9.13. The lowest BCUT2D eigenvalue weighted by atomic mass is 9.90. The van der Waals surface area contributed by atoms with Crippen LogP contribution in [0.25, 0.3) is 0 Å². The molecule has 104 valence electrons. The van der Waals surface area contributed by atoms with Gasteiger partial charge in [0.2, 0.25) is 0 Å². The lowest BCUT2D eigenvalue weighted by Crippen LogP contribution is -2.45. The number of nitrogens with zero attached hydrogens (tertiary/aromatic N) is 1. The van der Waals surface area contributed by atoms with E-state index in [-0.39, 0.29) is 11.7 Å². The van der Waals surface area contributed by atoms with E-state index in [0.717, 1.165) is 36.7 Å². The highest BCUT2D eigenvalue weighted by Gasteiger charge is 2.29. The molecule has 1 saturated carbocycles. The van der Waals surface area contributed by atoms with Gasteiger partial charge in [-0.2, -0.15) is 0 Å². The van der Waals surface area contributed by atoms with Crippen LogP contribution in [0.15, 0.2) is 18.2 Å². The van der Waals surface area contributed by atoms with Crippen LogP contribution in [-0.4, -0.2) is 28.7 Å². The molecule has 0 atom stereocenters. The normalized spacial score (nSPS) is 15.1. The Labute approximate surface area is 122 Å². The Morgan fingerprint density at radius 2 is 2.21 bits per heavy atom. The van der Waals surface area contributed by atoms with Crippen molar-refractivity contribution in [1.29, 1.82) is 0 Å². The first-order valence-corrected chi connectivity index (χ1v) is 7.88. The van der Waals surface area contributed by atoms with E-state index >= 15 is 0 Å². The molecule has 0 heterocycles. The van der Waals surface area contributed by atoms with Gasteiger partial charge in [0.25, 0.3) is 5.91 Å². The van der Waals surface area contributed by atoms with E-state index in [2.05, 4.69) is 15.9 Å². The average Bonchev–Trinajstić information content (AvgIpc) is 2.34. The highest BCUT2D eigenvalue weighted by atomic mass is 79.9. The molecule has 1 aliphatic carbocycles. The molecule has 1 fully saturated rings. The number of aryl methyl sites for hydroxylation is 1. The molecule has 0 aromatic heterocycles. The molecular weight excluding hydrogens is 309 g/mol. The first-order valence-electron chi connectivity index (χ1n) is 6.76. The van der Waals surface area contributed by atoms with Crippen LogP contribution in [0.5, 0.6) is 0 Å². The summed E-state index contributed by atoms with van der Waals surface area (Å²) >= 11 is 3.40. The molecular formula is C15H19BrFNO. The van der Waals surface area contributed by atoms with Crippen LogP contribution in [0.2, 0.25) is 0 Å². The molecule has 0 aliphatic heterocycles. The fraction of sp³-hybridized carbons (Fsp3) is 0.533. The number of halogens is 2. The second-order valence-electron chi connectivity index (χ2n) is 5.09. The van der Waals surface area contributed by atoms with Gasteiger partial charge in [0.1, 0.15) is 5.82 Å². The van der Waals surface area contributed by atoms with E-state index in [4.69, 9.17) is 0 Å². The number of benzene rings is 1. The van der Waals surface area contributed by atoms with Crippen molar-refractivity contribution in [2.45, 2.75) is 38.6 Å². The second kappa shape index (κ2) is 6.51. The maximum atomic E-state index is 13.3. The molecule has 0 N–H and O–H groups in total. The lowest BCUT2D eigenvalue weighted by Gasteiger charge is -2.38. The third kappa shape index (κ3) is 3.35. The number of carbonyl (C=O) groups is 1. The van der Waals surface area contributed by atoms with E-state index in [1.165, 1.54) is 18.6 Å². The predicted octanol–water partition coefficient (Wildman–Crippen LogP) is 3.91. The second-order valence-corrected chi connectivity index (χ2v) is 5.88. The zero-order valence-electron chi connectivity index (χ0n) is 11.2. The summed E-state index contributed by atoms with van der Waals surface area (Å²) in [6, 6.07) is 4.77. The van der Waals surface area contributed by atoms with E-state index in [0.29, 0.717) is 11.6 Å². The molecule has 2 rings (SSSR count). The van der Waals surface area contributed by atoms with Crippen LogP contribution in [0.1, 0.15) is 41.6 Å². The fourth-order valence-electron chi connectivity index (χ4n) is 2.36. The topological polar surface area (TPSA) is 20.3 Å². The average molecular weight is 328 g/mol. The molecule has 2 nitrogen and oxygen atoms in total. The Hall–Kier alpha value is -0.900. The van der Waals surface area contributed by atoms with Gasteiger partial charge in [0, 0.05) is 23.5 Å². The van der Waals surface area contributed by atoms with Crippen molar-refractivity contribution in [3.8, 4) is 0 Å². The summed E-state index contributed by atoms with van der Waals surface area (Å²) in [5, 5.41) is 0.881. The number of alkyl halides is 1. The minimum atomic E-state index is -0.344. The highest BCUT2D eigenvalue weighted by Crippen LogP contribution is 2.27. The molecule has 4 heteroatoms. The van der Waals surface area contributed by atoms with E-state index < -0.39 is 0 Å². The van der Waals surface area contributed by atoms with Gasteiger partial charge in [-0.25, -0.2) is 4.39 Å². The van der Waals surface area contributed by atoms with Crippen LogP contribution in [0.3, 0.4) is 0 Å². The zero-order valence-corrected chi connectivity index (χ0v) is 12.7. The van der Waals surface area contributed by atoms with Gasteiger partial charge >= 0.3 is 0 Å². The number of rotatable bonds is 5. The minimum Gasteiger partial charge on any atom is -0.336 e. The van der Waals surface area contributed by atoms with Crippen LogP contribution < -0.4 is 0 Å². The van der Waals surface area contributed by atoms with Crippen molar-refractivity contribution in [1.82, 2.24) is 4.90 Å². The number of hydrogen-bond donors (Lipinski definition) is 0. The summed E-state index contributed by atoms with van der Waals surface area (Å²) in [7, 11) is 0. The number of carbonyl (C=O) groups excluding carboxylic acids is 1. The molecule has 1 aromatic rings. The van der Waals surface area contributed by atoms with Crippen molar-refractivity contribution in [3.05, 3.63) is 35.1 Å². The SMILES string of the molecule is Cc1ccc(F)cc1C(=O)N(CCCBr)C1CCC1. The zero-order chi connectivity index (χ0) is 13.8. The maximum absolute atomic E-state index is 13.3. The summed E-state index contributed by atoms with van der Waals surface area (Å²) in [6.07, 6.45) is 4.26. The molecule has 0 unspecified atom stereocenters. The third-order valence-corrected chi connectivity index (χ3v) is 4.30. The molecule has 1 amide bonds. The summed E-state index contributed by atoms with van der Waals surface area (Å²) in [4.78, 5) is 14.5. The lowest BCUT2D eigenvalue weighted by molar-refractivity contribution is 0.0580. The first kappa shape index (κ1) is 14.5. The largest absolute Gasteiger partial charge is 0.336 e. The molecule has 19 heavy (non-hydrogen) atoms.